The van der Waals surface area contributed by atoms with Crippen LogP contribution in [0.4, 0.5) is 26.3 Å². The van der Waals surface area contributed by atoms with Crippen molar-refractivity contribution in [1.29, 1.82) is 5.26 Å². The predicted molar refractivity (Wildman–Crippen MR) is 113 cm³/mol. The number of ether oxygens (including phenoxy) is 1. The fourth-order valence-electron chi connectivity index (χ4n) is 3.35. The van der Waals surface area contributed by atoms with Gasteiger partial charge >= 0.3 is 18.3 Å². The zero-order chi connectivity index (χ0) is 25.3. The smallest absolute Gasteiger partial charge is 0.416 e. The summed E-state index contributed by atoms with van der Waals surface area (Å²) in [6.07, 6.45) is -7.32. The van der Waals surface area contributed by atoms with Crippen molar-refractivity contribution < 1.29 is 35.9 Å². The molecule has 0 saturated heterocycles. The molecule has 0 amide bonds. The average Bonchev–Trinajstić information content (AvgIpc) is 3.06. The summed E-state index contributed by atoms with van der Waals surface area (Å²) in [6.45, 7) is 1.24. The topological polar surface area (TPSA) is 55.0 Å². The van der Waals surface area contributed by atoms with Crippen LogP contribution in [0.2, 0.25) is 5.02 Å². The lowest BCUT2D eigenvalue weighted by atomic mass is 10.0. The number of benzene rings is 2. The van der Waals surface area contributed by atoms with Gasteiger partial charge in [0, 0.05) is 34.2 Å². The zero-order valence-corrected chi connectivity index (χ0v) is 18.1. The number of nitriles is 1. The van der Waals surface area contributed by atoms with E-state index in [1.165, 1.54) is 35.0 Å². The molecular weight excluding hydrogens is 486 g/mol. The highest BCUT2D eigenvalue weighted by molar-refractivity contribution is 6.31. The highest BCUT2D eigenvalue weighted by Gasteiger charge is 2.36. The summed E-state index contributed by atoms with van der Waals surface area (Å²) in [5.41, 5.74) is -2.69. The van der Waals surface area contributed by atoms with Crippen molar-refractivity contribution in [2.75, 3.05) is 6.61 Å². The number of esters is 1. The van der Waals surface area contributed by atoms with Crippen LogP contribution >= 0.6 is 11.6 Å². The summed E-state index contributed by atoms with van der Waals surface area (Å²) in [5, 5.41) is 10.0. The van der Waals surface area contributed by atoms with Crippen LogP contribution in [0.3, 0.4) is 0 Å². The molecule has 0 aliphatic heterocycles. The number of nitrogens with zero attached hydrogens (tertiary/aromatic N) is 2. The molecule has 0 N–H and O–H groups in total. The standard InChI is InChI=1S/C23H15ClF6N2O2/c1-2-34-21(33)14(10-31)7-15-12-32(20-4-3-18(24)9-19(15)20)11-13-5-16(22(25,26)27)8-17(6-13)23(28,29)30/h3-9,12H,2,11H2,1H3/b14-7+. The molecule has 0 radical (unpaired) electrons. The third-order valence-electron chi connectivity index (χ3n) is 4.79. The fraction of sp³-hybridized carbons (Fsp3) is 0.217. The van der Waals surface area contributed by atoms with Gasteiger partial charge in [-0.3, -0.25) is 0 Å². The Kier molecular flexibility index (Phi) is 6.98. The number of hydrogen-bond donors (Lipinski definition) is 0. The van der Waals surface area contributed by atoms with Gasteiger partial charge < -0.3 is 9.30 Å². The van der Waals surface area contributed by atoms with Crippen LogP contribution in [-0.4, -0.2) is 17.1 Å². The molecule has 0 fully saturated rings. The maximum absolute atomic E-state index is 13.2. The minimum absolute atomic E-state index is 0.0303. The Hall–Kier alpha value is -3.45. The van der Waals surface area contributed by atoms with E-state index in [0.29, 0.717) is 33.6 Å². The molecule has 3 aromatic rings. The Morgan fingerprint density at radius 1 is 1.09 bits per heavy atom. The van der Waals surface area contributed by atoms with E-state index in [-0.39, 0.29) is 30.4 Å². The third kappa shape index (κ3) is 5.54. The number of hydrogen-bond acceptors (Lipinski definition) is 3. The molecule has 3 rings (SSSR count). The van der Waals surface area contributed by atoms with Gasteiger partial charge in [-0.05, 0) is 55.0 Å². The molecule has 178 valence electrons. The van der Waals surface area contributed by atoms with Crippen LogP contribution in [0.5, 0.6) is 0 Å². The van der Waals surface area contributed by atoms with Gasteiger partial charge in [0.25, 0.3) is 0 Å². The molecule has 1 aromatic heterocycles. The monoisotopic (exact) mass is 500 g/mol. The molecule has 34 heavy (non-hydrogen) atoms. The van der Waals surface area contributed by atoms with E-state index < -0.39 is 29.4 Å². The van der Waals surface area contributed by atoms with Gasteiger partial charge in [0.05, 0.1) is 17.7 Å². The molecule has 0 aliphatic carbocycles. The highest BCUT2D eigenvalue weighted by Crippen LogP contribution is 2.37. The van der Waals surface area contributed by atoms with Crippen LogP contribution in [0.25, 0.3) is 17.0 Å². The van der Waals surface area contributed by atoms with Gasteiger partial charge in [-0.2, -0.15) is 31.6 Å². The summed E-state index contributed by atoms with van der Waals surface area (Å²) < 4.78 is 85.6. The van der Waals surface area contributed by atoms with E-state index in [2.05, 4.69) is 0 Å². The first-order valence-corrected chi connectivity index (χ1v) is 10.1. The lowest BCUT2D eigenvalue weighted by Crippen LogP contribution is -2.12. The molecule has 4 nitrogen and oxygen atoms in total. The molecule has 11 heteroatoms. The fourth-order valence-corrected chi connectivity index (χ4v) is 3.52. The van der Waals surface area contributed by atoms with Crippen LogP contribution in [0.1, 0.15) is 29.2 Å². The Labute approximate surface area is 194 Å². The van der Waals surface area contributed by atoms with Crippen LogP contribution in [0.15, 0.2) is 48.2 Å². The Bertz CT molecular complexity index is 1280. The van der Waals surface area contributed by atoms with E-state index in [4.69, 9.17) is 16.3 Å². The van der Waals surface area contributed by atoms with Gasteiger partial charge in [0.15, 0.2) is 0 Å². The second-order valence-corrected chi connectivity index (χ2v) is 7.61. The van der Waals surface area contributed by atoms with E-state index in [9.17, 15) is 36.4 Å². The Morgan fingerprint density at radius 2 is 1.71 bits per heavy atom. The summed E-state index contributed by atoms with van der Waals surface area (Å²) in [4.78, 5) is 12.0. The second-order valence-electron chi connectivity index (χ2n) is 7.18. The second kappa shape index (κ2) is 9.43. The number of alkyl halides is 6. The number of rotatable bonds is 5. The first kappa shape index (κ1) is 25.2. The van der Waals surface area contributed by atoms with Crippen molar-refractivity contribution in [1.82, 2.24) is 4.57 Å². The van der Waals surface area contributed by atoms with E-state index >= 15 is 0 Å². The van der Waals surface area contributed by atoms with Gasteiger partial charge in [-0.25, -0.2) is 4.79 Å². The largest absolute Gasteiger partial charge is 0.462 e. The number of aromatic nitrogens is 1. The van der Waals surface area contributed by atoms with E-state index in [1.807, 2.05) is 0 Å². The normalized spacial score (nSPS) is 12.6. The van der Waals surface area contributed by atoms with Gasteiger partial charge in [-0.1, -0.05) is 11.6 Å². The van der Waals surface area contributed by atoms with Crippen LogP contribution < -0.4 is 0 Å². The van der Waals surface area contributed by atoms with Crippen molar-refractivity contribution in [3.63, 3.8) is 0 Å². The maximum Gasteiger partial charge on any atom is 0.416 e. The lowest BCUT2D eigenvalue weighted by molar-refractivity contribution is -0.143. The van der Waals surface area contributed by atoms with Crippen molar-refractivity contribution in [2.24, 2.45) is 0 Å². The quantitative estimate of drug-likeness (QED) is 0.167. The minimum Gasteiger partial charge on any atom is -0.462 e. The van der Waals surface area contributed by atoms with Gasteiger partial charge in [-0.15, -0.1) is 0 Å². The lowest BCUT2D eigenvalue weighted by Gasteiger charge is -2.15. The first-order valence-electron chi connectivity index (χ1n) is 9.69. The van der Waals surface area contributed by atoms with E-state index in [0.717, 1.165) is 0 Å². The first-order chi connectivity index (χ1) is 15.8. The molecule has 0 bridgehead atoms. The van der Waals surface area contributed by atoms with Gasteiger partial charge in [0.2, 0.25) is 0 Å². The molecule has 0 spiro atoms. The number of halogens is 7. The SMILES string of the molecule is CCOC(=O)/C(C#N)=C/c1cn(Cc2cc(C(F)(F)F)cc(C(F)(F)F)c2)c2ccc(Cl)cc12. The van der Waals surface area contributed by atoms with Gasteiger partial charge in [0.1, 0.15) is 11.6 Å². The zero-order valence-electron chi connectivity index (χ0n) is 17.4. The summed E-state index contributed by atoms with van der Waals surface area (Å²) in [5.74, 6) is -0.874. The third-order valence-corrected chi connectivity index (χ3v) is 5.03. The molecule has 1 heterocycles. The highest BCUT2D eigenvalue weighted by atomic mass is 35.5. The Morgan fingerprint density at radius 3 is 2.24 bits per heavy atom. The van der Waals surface area contributed by atoms with E-state index in [1.54, 1.807) is 13.0 Å². The molecule has 0 aliphatic rings. The van der Waals surface area contributed by atoms with Crippen molar-refractivity contribution >= 4 is 34.5 Å². The summed E-state index contributed by atoms with van der Waals surface area (Å²) in [6, 6.07) is 7.60. The van der Waals surface area contributed by atoms with Crippen molar-refractivity contribution in [3.8, 4) is 6.07 Å². The maximum atomic E-state index is 13.2. The minimum atomic E-state index is -4.97. The molecule has 0 unspecified atom stereocenters. The molecular formula is C23H15ClF6N2O2. The summed E-state index contributed by atoms with van der Waals surface area (Å²) in [7, 11) is 0. The predicted octanol–water partition coefficient (Wildman–Crippen LogP) is 6.85. The van der Waals surface area contributed by atoms with Crippen molar-refractivity contribution in [3.05, 3.63) is 75.4 Å². The average molecular weight is 501 g/mol. The van der Waals surface area contributed by atoms with Crippen LogP contribution in [0, 0.1) is 11.3 Å². The molecule has 2 aromatic carbocycles. The Balaban J connectivity index is 2.16. The molecule has 0 atom stereocenters. The van der Waals surface area contributed by atoms with Crippen LogP contribution in [-0.2, 0) is 28.4 Å². The number of carbonyl (C=O) groups is 1. The molecule has 0 saturated carbocycles. The number of fused-ring (bicyclic) bond motifs is 1. The summed E-state index contributed by atoms with van der Waals surface area (Å²) >= 11 is 6.05. The van der Waals surface area contributed by atoms with Crippen molar-refractivity contribution in [2.45, 2.75) is 25.8 Å². The number of carbonyl (C=O) groups excluding carboxylic acids is 1.